The van der Waals surface area contributed by atoms with Crippen molar-refractivity contribution >= 4 is 15.9 Å². The highest BCUT2D eigenvalue weighted by Gasteiger charge is 2.29. The minimum Gasteiger partial charge on any atom is -0.372 e. The molecule has 0 aliphatic carbocycles. The van der Waals surface area contributed by atoms with Crippen molar-refractivity contribution in [3.05, 3.63) is 28.5 Å². The Bertz CT molecular complexity index is 301. The largest absolute Gasteiger partial charge is 0.372 e. The Labute approximate surface area is 91.8 Å². The second-order valence-corrected chi connectivity index (χ2v) is 4.39. The van der Waals surface area contributed by atoms with Gasteiger partial charge in [0.05, 0.1) is 5.69 Å². The predicted molar refractivity (Wildman–Crippen MR) is 57.8 cm³/mol. The molecule has 76 valence electrons. The van der Waals surface area contributed by atoms with Crippen molar-refractivity contribution in [2.75, 3.05) is 13.2 Å². The summed E-state index contributed by atoms with van der Waals surface area (Å²) in [7, 11) is 0. The molecular weight excluding hydrogens is 244 g/mol. The van der Waals surface area contributed by atoms with Crippen molar-refractivity contribution in [1.29, 1.82) is 0 Å². The Hall–Kier alpha value is -0.450. The minimum atomic E-state index is 0.0908. The molecule has 0 aromatic carbocycles. The van der Waals surface area contributed by atoms with E-state index in [0.717, 1.165) is 23.2 Å². The molecule has 2 N–H and O–H groups in total. The number of hydrogen-bond acceptors (Lipinski definition) is 3. The first-order chi connectivity index (χ1) is 6.81. The maximum Gasteiger partial charge on any atom is 0.103 e. The molecule has 2 unspecified atom stereocenters. The smallest absolute Gasteiger partial charge is 0.103 e. The summed E-state index contributed by atoms with van der Waals surface area (Å²) in [6.45, 7) is 1.46. The van der Waals surface area contributed by atoms with Crippen LogP contribution < -0.4 is 5.73 Å². The second kappa shape index (κ2) is 4.38. The van der Waals surface area contributed by atoms with E-state index in [1.54, 1.807) is 6.20 Å². The van der Waals surface area contributed by atoms with Crippen molar-refractivity contribution in [3.8, 4) is 0 Å². The van der Waals surface area contributed by atoms with Crippen LogP contribution in [-0.4, -0.2) is 18.1 Å². The molecule has 1 aliphatic rings. The van der Waals surface area contributed by atoms with Gasteiger partial charge in [-0.2, -0.15) is 0 Å². The van der Waals surface area contributed by atoms with Crippen LogP contribution in [0.25, 0.3) is 0 Å². The molecule has 0 radical (unpaired) electrons. The monoisotopic (exact) mass is 256 g/mol. The first kappa shape index (κ1) is 10.1. The van der Waals surface area contributed by atoms with E-state index in [9.17, 15) is 0 Å². The summed E-state index contributed by atoms with van der Waals surface area (Å²) in [6.07, 6.45) is 2.93. The first-order valence-corrected chi connectivity index (χ1v) is 5.53. The Morgan fingerprint density at radius 1 is 1.57 bits per heavy atom. The lowest BCUT2D eigenvalue weighted by Crippen LogP contribution is -2.18. The molecule has 2 atom stereocenters. The molecule has 1 aliphatic heterocycles. The maximum absolute atomic E-state index is 5.67. The van der Waals surface area contributed by atoms with Crippen molar-refractivity contribution < 1.29 is 4.74 Å². The van der Waals surface area contributed by atoms with E-state index in [0.29, 0.717) is 12.5 Å². The molecule has 14 heavy (non-hydrogen) atoms. The Kier molecular flexibility index (Phi) is 3.15. The van der Waals surface area contributed by atoms with E-state index in [1.165, 1.54) is 0 Å². The third kappa shape index (κ3) is 1.97. The van der Waals surface area contributed by atoms with E-state index < -0.39 is 0 Å². The fourth-order valence-electron chi connectivity index (χ4n) is 1.76. The molecule has 0 spiro atoms. The summed E-state index contributed by atoms with van der Waals surface area (Å²) >= 11 is 3.36. The van der Waals surface area contributed by atoms with Gasteiger partial charge in [-0.25, -0.2) is 0 Å². The van der Waals surface area contributed by atoms with Crippen LogP contribution in [0.2, 0.25) is 0 Å². The standard InChI is InChI=1S/C10H13BrN2O/c11-8-1-2-9(13-6-8)10-7(5-12)3-4-14-10/h1-2,6-7,10H,3-5,12H2. The quantitative estimate of drug-likeness (QED) is 0.879. The van der Waals surface area contributed by atoms with Gasteiger partial charge in [0, 0.05) is 23.2 Å². The minimum absolute atomic E-state index is 0.0908. The zero-order valence-corrected chi connectivity index (χ0v) is 9.40. The zero-order valence-electron chi connectivity index (χ0n) is 7.82. The average Bonchev–Trinajstić information content (AvgIpc) is 2.67. The summed E-state index contributed by atoms with van der Waals surface area (Å²) in [6, 6.07) is 3.97. The number of rotatable bonds is 2. The van der Waals surface area contributed by atoms with Gasteiger partial charge in [-0.3, -0.25) is 4.98 Å². The summed E-state index contributed by atoms with van der Waals surface area (Å²) in [4.78, 5) is 4.33. The lowest BCUT2D eigenvalue weighted by Gasteiger charge is -2.15. The normalized spacial score (nSPS) is 26.7. The molecule has 1 fully saturated rings. The first-order valence-electron chi connectivity index (χ1n) is 4.74. The van der Waals surface area contributed by atoms with E-state index in [1.807, 2.05) is 12.1 Å². The van der Waals surface area contributed by atoms with Crippen LogP contribution in [0.3, 0.4) is 0 Å². The topological polar surface area (TPSA) is 48.1 Å². The van der Waals surface area contributed by atoms with Crippen LogP contribution in [-0.2, 0) is 4.74 Å². The molecule has 4 heteroatoms. The SMILES string of the molecule is NCC1CCOC1c1ccc(Br)cn1. The Balaban J connectivity index is 2.17. The van der Waals surface area contributed by atoms with Crippen LogP contribution in [0.5, 0.6) is 0 Å². The number of aromatic nitrogens is 1. The predicted octanol–water partition coefficient (Wildman–Crippen LogP) is 1.88. The molecule has 3 nitrogen and oxygen atoms in total. The number of halogens is 1. The van der Waals surface area contributed by atoms with Crippen molar-refractivity contribution in [2.24, 2.45) is 11.7 Å². The number of nitrogens with zero attached hydrogens (tertiary/aromatic N) is 1. The molecule has 1 saturated heterocycles. The van der Waals surface area contributed by atoms with Crippen molar-refractivity contribution in [2.45, 2.75) is 12.5 Å². The van der Waals surface area contributed by atoms with Crippen LogP contribution in [0.1, 0.15) is 18.2 Å². The van der Waals surface area contributed by atoms with Gasteiger partial charge in [0.15, 0.2) is 0 Å². The lowest BCUT2D eigenvalue weighted by molar-refractivity contribution is 0.0890. The molecular formula is C10H13BrN2O. The number of hydrogen-bond donors (Lipinski definition) is 1. The van der Waals surface area contributed by atoms with Gasteiger partial charge in [-0.15, -0.1) is 0 Å². The number of pyridine rings is 1. The van der Waals surface area contributed by atoms with Crippen LogP contribution in [0.4, 0.5) is 0 Å². The Morgan fingerprint density at radius 3 is 3.07 bits per heavy atom. The van der Waals surface area contributed by atoms with E-state index in [4.69, 9.17) is 10.5 Å². The summed E-state index contributed by atoms with van der Waals surface area (Å²) in [5.74, 6) is 0.420. The summed E-state index contributed by atoms with van der Waals surface area (Å²) < 4.78 is 6.61. The molecule has 1 aromatic heterocycles. The van der Waals surface area contributed by atoms with E-state index >= 15 is 0 Å². The van der Waals surface area contributed by atoms with Gasteiger partial charge < -0.3 is 10.5 Å². The number of ether oxygens (including phenoxy) is 1. The summed E-state index contributed by atoms with van der Waals surface area (Å²) in [5.41, 5.74) is 6.66. The van der Waals surface area contributed by atoms with E-state index in [2.05, 4.69) is 20.9 Å². The number of nitrogens with two attached hydrogens (primary N) is 1. The van der Waals surface area contributed by atoms with Crippen LogP contribution in [0, 0.1) is 5.92 Å². The van der Waals surface area contributed by atoms with Gasteiger partial charge in [0.1, 0.15) is 6.10 Å². The van der Waals surface area contributed by atoms with Gasteiger partial charge in [0.2, 0.25) is 0 Å². The molecule has 1 aromatic rings. The fraction of sp³-hybridized carbons (Fsp3) is 0.500. The van der Waals surface area contributed by atoms with Crippen molar-refractivity contribution in [3.63, 3.8) is 0 Å². The van der Waals surface area contributed by atoms with E-state index in [-0.39, 0.29) is 6.10 Å². The highest BCUT2D eigenvalue weighted by molar-refractivity contribution is 9.10. The van der Waals surface area contributed by atoms with Gasteiger partial charge in [-0.1, -0.05) is 0 Å². The molecule has 0 bridgehead atoms. The maximum atomic E-state index is 5.67. The molecule has 0 saturated carbocycles. The highest BCUT2D eigenvalue weighted by Crippen LogP contribution is 2.32. The lowest BCUT2D eigenvalue weighted by atomic mass is 9.99. The molecule has 0 amide bonds. The van der Waals surface area contributed by atoms with Crippen molar-refractivity contribution in [1.82, 2.24) is 4.98 Å². The van der Waals surface area contributed by atoms with Gasteiger partial charge >= 0.3 is 0 Å². The van der Waals surface area contributed by atoms with Gasteiger partial charge in [-0.05, 0) is 41.0 Å². The second-order valence-electron chi connectivity index (χ2n) is 3.48. The Morgan fingerprint density at radius 2 is 2.43 bits per heavy atom. The molecule has 2 rings (SSSR count). The zero-order chi connectivity index (χ0) is 9.97. The van der Waals surface area contributed by atoms with Crippen LogP contribution >= 0.6 is 15.9 Å². The van der Waals surface area contributed by atoms with Crippen LogP contribution in [0.15, 0.2) is 22.8 Å². The summed E-state index contributed by atoms with van der Waals surface area (Å²) in [5, 5.41) is 0. The molecule has 2 heterocycles. The third-order valence-corrected chi connectivity index (χ3v) is 3.03. The van der Waals surface area contributed by atoms with Gasteiger partial charge in [0.25, 0.3) is 0 Å². The average molecular weight is 257 g/mol. The fourth-order valence-corrected chi connectivity index (χ4v) is 1.99. The third-order valence-electron chi connectivity index (χ3n) is 2.56. The highest BCUT2D eigenvalue weighted by atomic mass is 79.9.